The Morgan fingerprint density at radius 2 is 2.24 bits per heavy atom. The summed E-state index contributed by atoms with van der Waals surface area (Å²) in [7, 11) is 3.80. The largest absolute Gasteiger partial charge is 0.497 e. The van der Waals surface area contributed by atoms with Gasteiger partial charge in [0.25, 0.3) is 0 Å². The molecule has 0 radical (unpaired) electrons. The maximum atomic E-state index is 5.31. The first-order valence-corrected chi connectivity index (χ1v) is 6.47. The predicted octanol–water partition coefficient (Wildman–Crippen LogP) is 3.19. The number of methoxy groups -OCH3 is 1. The Bertz CT molecular complexity index is 390. The molecule has 0 bridgehead atoms. The van der Waals surface area contributed by atoms with E-state index in [0.29, 0.717) is 17.4 Å². The SMILES string of the molecule is CCC1(C)C(NC)CC1c1cccc(OC)c1. The van der Waals surface area contributed by atoms with Crippen molar-refractivity contribution in [3.05, 3.63) is 29.8 Å². The van der Waals surface area contributed by atoms with Crippen LogP contribution in [-0.4, -0.2) is 20.2 Å². The maximum Gasteiger partial charge on any atom is 0.119 e. The number of benzene rings is 1. The van der Waals surface area contributed by atoms with Crippen molar-refractivity contribution in [3.63, 3.8) is 0 Å². The Balaban J connectivity index is 2.23. The first-order chi connectivity index (χ1) is 8.15. The van der Waals surface area contributed by atoms with Crippen LogP contribution < -0.4 is 10.1 Å². The van der Waals surface area contributed by atoms with Crippen LogP contribution in [0, 0.1) is 5.41 Å². The van der Waals surface area contributed by atoms with E-state index in [-0.39, 0.29) is 0 Å². The summed E-state index contributed by atoms with van der Waals surface area (Å²) in [6.07, 6.45) is 2.44. The van der Waals surface area contributed by atoms with Gasteiger partial charge in [0.15, 0.2) is 0 Å². The molecule has 2 rings (SSSR count). The third kappa shape index (κ3) is 1.95. The summed E-state index contributed by atoms with van der Waals surface area (Å²) in [4.78, 5) is 0. The molecule has 2 nitrogen and oxygen atoms in total. The quantitative estimate of drug-likeness (QED) is 0.862. The molecule has 3 unspecified atom stereocenters. The number of hydrogen-bond acceptors (Lipinski definition) is 2. The first kappa shape index (κ1) is 12.4. The fourth-order valence-corrected chi connectivity index (χ4v) is 3.17. The molecule has 0 aliphatic heterocycles. The fraction of sp³-hybridized carbons (Fsp3) is 0.600. The van der Waals surface area contributed by atoms with Crippen LogP contribution in [0.3, 0.4) is 0 Å². The standard InChI is InChI=1S/C15H23NO/c1-5-15(2)13(10-14(15)16-3)11-7-6-8-12(9-11)17-4/h6-9,13-14,16H,5,10H2,1-4H3. The fourth-order valence-electron chi connectivity index (χ4n) is 3.17. The molecule has 3 atom stereocenters. The van der Waals surface area contributed by atoms with Gasteiger partial charge in [0.05, 0.1) is 7.11 Å². The number of nitrogens with one attached hydrogen (secondary N) is 1. The minimum atomic E-state index is 0.376. The molecule has 1 aliphatic carbocycles. The van der Waals surface area contributed by atoms with E-state index in [1.54, 1.807) is 7.11 Å². The van der Waals surface area contributed by atoms with Gasteiger partial charge in [0.1, 0.15) is 5.75 Å². The average Bonchev–Trinajstić information content (AvgIpc) is 2.37. The van der Waals surface area contributed by atoms with Crippen molar-refractivity contribution in [3.8, 4) is 5.75 Å². The Hall–Kier alpha value is -1.02. The summed E-state index contributed by atoms with van der Waals surface area (Å²) in [5.74, 6) is 1.62. The molecule has 17 heavy (non-hydrogen) atoms. The van der Waals surface area contributed by atoms with Crippen molar-refractivity contribution in [2.75, 3.05) is 14.2 Å². The smallest absolute Gasteiger partial charge is 0.119 e. The molecule has 1 fully saturated rings. The lowest BCUT2D eigenvalue weighted by molar-refractivity contribution is 0.0494. The molecule has 0 heterocycles. The normalized spacial score (nSPS) is 32.0. The molecule has 1 aromatic carbocycles. The summed E-state index contributed by atoms with van der Waals surface area (Å²) in [6.45, 7) is 4.68. The number of hydrogen-bond donors (Lipinski definition) is 1. The number of rotatable bonds is 4. The van der Waals surface area contributed by atoms with E-state index < -0.39 is 0 Å². The predicted molar refractivity (Wildman–Crippen MR) is 71.6 cm³/mol. The van der Waals surface area contributed by atoms with Gasteiger partial charge in [-0.25, -0.2) is 0 Å². The van der Waals surface area contributed by atoms with E-state index in [9.17, 15) is 0 Å². The van der Waals surface area contributed by atoms with Gasteiger partial charge in [-0.3, -0.25) is 0 Å². The molecule has 1 N–H and O–H groups in total. The van der Waals surface area contributed by atoms with Crippen molar-refractivity contribution >= 4 is 0 Å². The Kier molecular flexibility index (Phi) is 3.43. The van der Waals surface area contributed by atoms with Crippen LogP contribution in [0.2, 0.25) is 0 Å². The lowest BCUT2D eigenvalue weighted by Gasteiger charge is -2.54. The molecule has 2 heteroatoms. The zero-order chi connectivity index (χ0) is 12.5. The maximum absolute atomic E-state index is 5.31. The molecule has 1 aromatic rings. The van der Waals surface area contributed by atoms with Crippen LogP contribution in [0.25, 0.3) is 0 Å². The summed E-state index contributed by atoms with van der Waals surface area (Å²) in [5.41, 5.74) is 1.79. The Morgan fingerprint density at radius 3 is 2.82 bits per heavy atom. The highest BCUT2D eigenvalue weighted by atomic mass is 16.5. The van der Waals surface area contributed by atoms with E-state index in [1.165, 1.54) is 18.4 Å². The van der Waals surface area contributed by atoms with Gasteiger partial charge < -0.3 is 10.1 Å². The van der Waals surface area contributed by atoms with Gasteiger partial charge >= 0.3 is 0 Å². The summed E-state index contributed by atoms with van der Waals surface area (Å²) >= 11 is 0. The molecular formula is C15H23NO. The molecule has 1 aliphatic rings. The van der Waals surface area contributed by atoms with Gasteiger partial charge in [-0.05, 0) is 48.9 Å². The molecular weight excluding hydrogens is 210 g/mol. The van der Waals surface area contributed by atoms with Gasteiger partial charge in [-0.2, -0.15) is 0 Å². The molecule has 94 valence electrons. The first-order valence-electron chi connectivity index (χ1n) is 6.47. The average molecular weight is 233 g/mol. The molecule has 1 saturated carbocycles. The highest BCUT2D eigenvalue weighted by molar-refractivity contribution is 5.34. The van der Waals surface area contributed by atoms with Gasteiger partial charge in [0.2, 0.25) is 0 Å². The third-order valence-corrected chi connectivity index (χ3v) is 4.67. The second kappa shape index (κ2) is 4.69. The Morgan fingerprint density at radius 1 is 1.47 bits per heavy atom. The second-order valence-corrected chi connectivity index (χ2v) is 5.27. The molecule has 0 saturated heterocycles. The monoisotopic (exact) mass is 233 g/mol. The zero-order valence-electron chi connectivity index (χ0n) is 11.3. The van der Waals surface area contributed by atoms with Crippen molar-refractivity contribution in [1.82, 2.24) is 5.32 Å². The summed E-state index contributed by atoms with van der Waals surface area (Å²) < 4.78 is 5.31. The topological polar surface area (TPSA) is 21.3 Å². The van der Waals surface area contributed by atoms with Gasteiger partial charge in [0, 0.05) is 6.04 Å². The van der Waals surface area contributed by atoms with Crippen molar-refractivity contribution in [2.24, 2.45) is 5.41 Å². The van der Waals surface area contributed by atoms with Crippen molar-refractivity contribution in [2.45, 2.75) is 38.6 Å². The van der Waals surface area contributed by atoms with Crippen molar-refractivity contribution < 1.29 is 4.74 Å². The highest BCUT2D eigenvalue weighted by Crippen LogP contribution is 2.54. The minimum absolute atomic E-state index is 0.376. The number of ether oxygens (including phenoxy) is 1. The lowest BCUT2D eigenvalue weighted by Crippen LogP contribution is -2.55. The van der Waals surface area contributed by atoms with Crippen molar-refractivity contribution in [1.29, 1.82) is 0 Å². The van der Waals surface area contributed by atoms with E-state index >= 15 is 0 Å². The molecule has 0 aromatic heterocycles. The molecule has 0 spiro atoms. The third-order valence-electron chi connectivity index (χ3n) is 4.67. The highest BCUT2D eigenvalue weighted by Gasteiger charge is 2.49. The van der Waals surface area contributed by atoms with Gasteiger partial charge in [-0.15, -0.1) is 0 Å². The minimum Gasteiger partial charge on any atom is -0.497 e. The van der Waals surface area contributed by atoms with Gasteiger partial charge in [-0.1, -0.05) is 26.0 Å². The van der Waals surface area contributed by atoms with E-state index in [4.69, 9.17) is 4.74 Å². The molecule has 0 amide bonds. The van der Waals surface area contributed by atoms with Crippen LogP contribution in [-0.2, 0) is 0 Å². The van der Waals surface area contributed by atoms with Crippen LogP contribution >= 0.6 is 0 Å². The lowest BCUT2D eigenvalue weighted by atomic mass is 9.54. The Labute approximate surface area is 104 Å². The second-order valence-electron chi connectivity index (χ2n) is 5.27. The summed E-state index contributed by atoms with van der Waals surface area (Å²) in [5, 5.41) is 3.44. The van der Waals surface area contributed by atoms with Crippen LogP contribution in [0.15, 0.2) is 24.3 Å². The van der Waals surface area contributed by atoms with E-state index in [0.717, 1.165) is 5.75 Å². The van der Waals surface area contributed by atoms with E-state index in [1.807, 2.05) is 6.07 Å². The summed E-state index contributed by atoms with van der Waals surface area (Å²) in [6, 6.07) is 9.17. The zero-order valence-corrected chi connectivity index (χ0v) is 11.3. The van der Waals surface area contributed by atoms with E-state index in [2.05, 4.69) is 44.4 Å². The van der Waals surface area contributed by atoms with Crippen LogP contribution in [0.4, 0.5) is 0 Å². The van der Waals surface area contributed by atoms with Crippen LogP contribution in [0.1, 0.15) is 38.2 Å². The van der Waals surface area contributed by atoms with Crippen LogP contribution in [0.5, 0.6) is 5.75 Å².